The molecular weight excluding hydrogens is 294 g/mol. The molecule has 0 radical (unpaired) electrons. The summed E-state index contributed by atoms with van der Waals surface area (Å²) in [5.41, 5.74) is 5.55. The second kappa shape index (κ2) is 7.28. The maximum atomic E-state index is 11.5. The largest absolute Gasteiger partial charge is 0.375 e. The van der Waals surface area contributed by atoms with Crippen LogP contribution in [0, 0.1) is 0 Å². The predicted octanol–water partition coefficient (Wildman–Crippen LogP) is 1.40. The molecule has 1 aromatic heterocycles. The summed E-state index contributed by atoms with van der Waals surface area (Å²) in [5, 5.41) is 0.544. The molecule has 5 nitrogen and oxygen atoms in total. The number of sulfone groups is 1. The fraction of sp³-hybridized carbons (Fsp3) is 0.700. The Bertz CT molecular complexity index is 461. The van der Waals surface area contributed by atoms with Crippen molar-refractivity contribution in [1.29, 1.82) is 0 Å². The molecule has 0 aliphatic heterocycles. The SMILES string of the molecule is CCS(=O)(=O)CC(C)N(C)Cc1cnc(N)s1.Cl. The van der Waals surface area contributed by atoms with E-state index in [9.17, 15) is 8.42 Å². The fourth-order valence-corrected chi connectivity index (χ4v) is 3.38. The van der Waals surface area contributed by atoms with Gasteiger partial charge in [-0.25, -0.2) is 13.4 Å². The number of rotatable bonds is 6. The van der Waals surface area contributed by atoms with E-state index in [-0.39, 0.29) is 30.0 Å². The number of hydrogen-bond donors (Lipinski definition) is 1. The van der Waals surface area contributed by atoms with E-state index in [1.54, 1.807) is 13.1 Å². The van der Waals surface area contributed by atoms with Crippen LogP contribution in [0.2, 0.25) is 0 Å². The van der Waals surface area contributed by atoms with E-state index in [2.05, 4.69) is 4.98 Å². The second-order valence-corrected chi connectivity index (χ2v) is 7.67. The molecule has 8 heteroatoms. The van der Waals surface area contributed by atoms with E-state index in [1.807, 2.05) is 18.9 Å². The number of nitrogens with zero attached hydrogens (tertiary/aromatic N) is 2. The Morgan fingerprint density at radius 1 is 1.56 bits per heavy atom. The minimum absolute atomic E-state index is 0. The molecular formula is C10H20ClN3O2S2. The van der Waals surface area contributed by atoms with Crippen LogP contribution in [-0.2, 0) is 16.4 Å². The molecule has 0 saturated carbocycles. The lowest BCUT2D eigenvalue weighted by molar-refractivity contribution is 0.269. The van der Waals surface area contributed by atoms with Crippen LogP contribution < -0.4 is 5.73 Å². The molecule has 1 atom stereocenters. The third kappa shape index (κ3) is 5.51. The highest BCUT2D eigenvalue weighted by atomic mass is 35.5. The number of halogens is 1. The number of anilines is 1. The standard InChI is InChI=1S/C10H19N3O2S2.ClH/c1-4-17(14,15)7-8(2)13(3)6-9-5-12-10(11)16-9;/h5,8H,4,6-7H2,1-3H3,(H2,11,12);1H. The zero-order chi connectivity index (χ0) is 13.1. The first kappa shape index (κ1) is 17.6. The molecule has 0 amide bonds. The van der Waals surface area contributed by atoms with Crippen molar-refractivity contribution >= 4 is 38.7 Å². The molecule has 0 saturated heterocycles. The molecule has 1 aromatic rings. The van der Waals surface area contributed by atoms with Crippen LogP contribution in [-0.4, -0.2) is 42.9 Å². The van der Waals surface area contributed by atoms with Gasteiger partial charge in [0.05, 0.1) is 5.75 Å². The van der Waals surface area contributed by atoms with Crippen LogP contribution in [0.1, 0.15) is 18.7 Å². The Labute approximate surface area is 119 Å². The molecule has 1 rings (SSSR count). The summed E-state index contributed by atoms with van der Waals surface area (Å²) < 4.78 is 23.0. The smallest absolute Gasteiger partial charge is 0.180 e. The highest BCUT2D eigenvalue weighted by Gasteiger charge is 2.18. The van der Waals surface area contributed by atoms with Crippen LogP contribution in [0.3, 0.4) is 0 Å². The maximum Gasteiger partial charge on any atom is 0.180 e. The molecule has 0 bridgehead atoms. The molecule has 18 heavy (non-hydrogen) atoms. The lowest BCUT2D eigenvalue weighted by atomic mass is 10.3. The van der Waals surface area contributed by atoms with Crippen molar-refractivity contribution in [3.05, 3.63) is 11.1 Å². The lowest BCUT2D eigenvalue weighted by Crippen LogP contribution is -2.34. The van der Waals surface area contributed by atoms with Gasteiger partial charge in [-0.05, 0) is 14.0 Å². The van der Waals surface area contributed by atoms with Crippen molar-refractivity contribution in [2.45, 2.75) is 26.4 Å². The normalized spacial score (nSPS) is 13.3. The van der Waals surface area contributed by atoms with Gasteiger partial charge >= 0.3 is 0 Å². The van der Waals surface area contributed by atoms with Crippen LogP contribution in [0.25, 0.3) is 0 Å². The summed E-state index contributed by atoms with van der Waals surface area (Å²) in [6.07, 6.45) is 1.73. The minimum Gasteiger partial charge on any atom is -0.375 e. The Morgan fingerprint density at radius 2 is 2.17 bits per heavy atom. The van der Waals surface area contributed by atoms with E-state index in [0.29, 0.717) is 11.7 Å². The van der Waals surface area contributed by atoms with Gasteiger partial charge in [0.25, 0.3) is 0 Å². The predicted molar refractivity (Wildman–Crippen MR) is 79.0 cm³/mol. The second-order valence-electron chi connectivity index (χ2n) is 4.13. The van der Waals surface area contributed by atoms with Crippen molar-refractivity contribution in [1.82, 2.24) is 9.88 Å². The van der Waals surface area contributed by atoms with Gasteiger partial charge < -0.3 is 5.73 Å². The number of hydrogen-bond acceptors (Lipinski definition) is 6. The summed E-state index contributed by atoms with van der Waals surface area (Å²) in [6.45, 7) is 4.26. The molecule has 0 aliphatic rings. The highest BCUT2D eigenvalue weighted by Crippen LogP contribution is 2.17. The highest BCUT2D eigenvalue weighted by molar-refractivity contribution is 7.91. The van der Waals surface area contributed by atoms with Crippen molar-refractivity contribution in [3.8, 4) is 0 Å². The van der Waals surface area contributed by atoms with Crippen LogP contribution >= 0.6 is 23.7 Å². The lowest BCUT2D eigenvalue weighted by Gasteiger charge is -2.23. The van der Waals surface area contributed by atoms with E-state index in [4.69, 9.17) is 5.73 Å². The van der Waals surface area contributed by atoms with Gasteiger partial charge in [0, 0.05) is 29.4 Å². The van der Waals surface area contributed by atoms with E-state index < -0.39 is 9.84 Å². The third-order valence-corrected chi connectivity index (χ3v) is 5.35. The molecule has 0 aromatic carbocycles. The Kier molecular flexibility index (Phi) is 7.13. The Morgan fingerprint density at radius 3 is 2.61 bits per heavy atom. The third-order valence-electron chi connectivity index (χ3n) is 2.66. The van der Waals surface area contributed by atoms with Gasteiger partial charge in [0.2, 0.25) is 0 Å². The minimum atomic E-state index is -2.93. The van der Waals surface area contributed by atoms with Crippen molar-refractivity contribution in [2.24, 2.45) is 0 Å². The molecule has 0 spiro atoms. The zero-order valence-corrected chi connectivity index (χ0v) is 13.2. The van der Waals surface area contributed by atoms with Gasteiger partial charge in [-0.15, -0.1) is 23.7 Å². The Balaban J connectivity index is 0.00000289. The molecule has 2 N–H and O–H groups in total. The van der Waals surface area contributed by atoms with E-state index in [0.717, 1.165) is 4.88 Å². The van der Waals surface area contributed by atoms with Gasteiger partial charge in [-0.2, -0.15) is 0 Å². The van der Waals surface area contributed by atoms with Gasteiger partial charge in [-0.3, -0.25) is 4.90 Å². The number of aromatic nitrogens is 1. The summed E-state index contributed by atoms with van der Waals surface area (Å²) in [7, 11) is -1.02. The zero-order valence-electron chi connectivity index (χ0n) is 10.8. The van der Waals surface area contributed by atoms with E-state index in [1.165, 1.54) is 11.3 Å². The van der Waals surface area contributed by atoms with E-state index >= 15 is 0 Å². The number of nitrogen functional groups attached to an aromatic ring is 1. The summed E-state index contributed by atoms with van der Waals surface area (Å²) in [5.74, 6) is 0.382. The maximum absolute atomic E-state index is 11.5. The average Bonchev–Trinajstić information content (AvgIpc) is 2.63. The van der Waals surface area contributed by atoms with Crippen LogP contribution in [0.5, 0.6) is 0 Å². The summed E-state index contributed by atoms with van der Waals surface area (Å²) in [6, 6.07) is -0.0109. The van der Waals surface area contributed by atoms with Crippen LogP contribution in [0.15, 0.2) is 6.20 Å². The van der Waals surface area contributed by atoms with Gasteiger partial charge in [0.15, 0.2) is 15.0 Å². The molecule has 1 heterocycles. The first-order valence-electron chi connectivity index (χ1n) is 5.45. The van der Waals surface area contributed by atoms with Crippen LogP contribution in [0.4, 0.5) is 5.13 Å². The summed E-state index contributed by atoms with van der Waals surface area (Å²) >= 11 is 1.43. The van der Waals surface area contributed by atoms with Gasteiger partial charge in [0.1, 0.15) is 0 Å². The summed E-state index contributed by atoms with van der Waals surface area (Å²) in [4.78, 5) is 7.02. The molecule has 1 unspecified atom stereocenters. The molecule has 106 valence electrons. The fourth-order valence-electron chi connectivity index (χ4n) is 1.41. The monoisotopic (exact) mass is 313 g/mol. The van der Waals surface area contributed by atoms with Gasteiger partial charge in [-0.1, -0.05) is 6.92 Å². The van der Waals surface area contributed by atoms with Crippen molar-refractivity contribution in [3.63, 3.8) is 0 Å². The number of nitrogens with two attached hydrogens (primary N) is 1. The number of thiazole rings is 1. The first-order valence-corrected chi connectivity index (χ1v) is 8.08. The topological polar surface area (TPSA) is 76.3 Å². The first-order chi connectivity index (χ1) is 7.84. The molecule has 0 fully saturated rings. The Hall–Kier alpha value is -0.370. The molecule has 0 aliphatic carbocycles. The quantitative estimate of drug-likeness (QED) is 0.859. The average molecular weight is 314 g/mol. The van der Waals surface area contributed by atoms with Crippen molar-refractivity contribution in [2.75, 3.05) is 24.3 Å². The van der Waals surface area contributed by atoms with Crippen molar-refractivity contribution < 1.29 is 8.42 Å².